The van der Waals surface area contributed by atoms with Gasteiger partial charge >= 0.3 is 0 Å². The molecule has 0 bridgehead atoms. The number of carbonyl (C=O) groups excluding carboxylic acids is 1. The van der Waals surface area contributed by atoms with Crippen LogP contribution in [0.15, 0.2) is 67.3 Å². The van der Waals surface area contributed by atoms with Gasteiger partial charge in [0.2, 0.25) is 0 Å². The summed E-state index contributed by atoms with van der Waals surface area (Å²) in [4.78, 5) is 12.1. The third-order valence-corrected chi connectivity index (χ3v) is 2.99. The van der Waals surface area contributed by atoms with Crippen LogP contribution in [0.5, 0.6) is 5.75 Å². The van der Waals surface area contributed by atoms with Gasteiger partial charge in [0.1, 0.15) is 25.0 Å². The molecule has 22 heavy (non-hydrogen) atoms. The van der Waals surface area contributed by atoms with Crippen molar-refractivity contribution < 1.29 is 9.53 Å². The van der Waals surface area contributed by atoms with Crippen LogP contribution in [0.1, 0.15) is 15.9 Å². The van der Waals surface area contributed by atoms with Crippen molar-refractivity contribution in [1.82, 2.24) is 14.9 Å². The Kier molecular flexibility index (Phi) is 4.10. The lowest BCUT2D eigenvalue weighted by Gasteiger charge is -2.08. The van der Waals surface area contributed by atoms with Crippen molar-refractivity contribution >= 4 is 5.91 Å². The lowest BCUT2D eigenvalue weighted by molar-refractivity contribution is 0.101. The molecule has 0 saturated carbocycles. The quantitative estimate of drug-likeness (QED) is 0.783. The molecule has 2 aromatic carbocycles. The normalized spacial score (nSPS) is 10.2. The van der Waals surface area contributed by atoms with Crippen LogP contribution in [0, 0.1) is 0 Å². The summed E-state index contributed by atoms with van der Waals surface area (Å²) in [7, 11) is 0. The van der Waals surface area contributed by atoms with E-state index < -0.39 is 0 Å². The summed E-state index contributed by atoms with van der Waals surface area (Å²) in [5, 5.41) is 7.25. The lowest BCUT2D eigenvalue weighted by atomic mass is 10.2. The number of rotatable bonds is 5. The predicted octanol–water partition coefficient (Wildman–Crippen LogP) is 2.24. The Balaban J connectivity index is 1.65. The molecule has 0 fully saturated rings. The van der Waals surface area contributed by atoms with E-state index in [-0.39, 0.29) is 5.91 Å². The summed E-state index contributed by atoms with van der Waals surface area (Å²) in [6.45, 7) is 0.456. The lowest BCUT2D eigenvalue weighted by Crippen LogP contribution is -2.21. The maximum absolute atomic E-state index is 12.1. The minimum Gasteiger partial charge on any atom is -0.489 e. The molecule has 0 atom stereocenters. The van der Waals surface area contributed by atoms with Crippen LogP contribution in [0.3, 0.4) is 0 Å². The largest absolute Gasteiger partial charge is 0.489 e. The molecule has 6 nitrogen and oxygen atoms in total. The zero-order valence-electron chi connectivity index (χ0n) is 11.7. The topological polar surface area (TPSA) is 69.0 Å². The molecule has 0 aliphatic rings. The monoisotopic (exact) mass is 294 g/mol. The van der Waals surface area contributed by atoms with Gasteiger partial charge in [-0.1, -0.05) is 36.4 Å². The fourth-order valence-electron chi connectivity index (χ4n) is 1.91. The second kappa shape index (κ2) is 6.53. The molecular weight excluding hydrogens is 280 g/mol. The Bertz CT molecular complexity index is 742. The van der Waals surface area contributed by atoms with E-state index in [1.807, 2.05) is 36.4 Å². The van der Waals surface area contributed by atoms with E-state index in [0.717, 1.165) is 5.56 Å². The van der Waals surface area contributed by atoms with Crippen LogP contribution in [-0.2, 0) is 6.61 Å². The highest BCUT2D eigenvalue weighted by Gasteiger charge is 2.07. The van der Waals surface area contributed by atoms with E-state index in [9.17, 15) is 4.79 Å². The molecule has 1 aromatic heterocycles. The van der Waals surface area contributed by atoms with Gasteiger partial charge in [-0.15, -0.1) is 10.2 Å². The van der Waals surface area contributed by atoms with Gasteiger partial charge in [-0.05, 0) is 23.8 Å². The van der Waals surface area contributed by atoms with E-state index in [0.29, 0.717) is 17.9 Å². The van der Waals surface area contributed by atoms with Gasteiger partial charge in [0.25, 0.3) is 5.91 Å². The maximum Gasteiger partial charge on any atom is 0.270 e. The first-order valence-corrected chi connectivity index (χ1v) is 6.74. The standard InChI is InChI=1S/C16H14N4O2/c21-16(19-20-11-17-18-12-20)14-7-4-8-15(9-14)22-10-13-5-2-1-3-6-13/h1-9,11-12H,10H2,(H,19,21). The first-order valence-electron chi connectivity index (χ1n) is 6.74. The fraction of sp³-hybridized carbons (Fsp3) is 0.0625. The number of hydrogen-bond donors (Lipinski definition) is 1. The zero-order valence-corrected chi connectivity index (χ0v) is 11.7. The maximum atomic E-state index is 12.1. The Labute approximate surface area is 127 Å². The van der Waals surface area contributed by atoms with Gasteiger partial charge in [-0.3, -0.25) is 10.2 Å². The molecule has 3 aromatic rings. The van der Waals surface area contributed by atoms with Crippen LogP contribution in [-0.4, -0.2) is 20.8 Å². The van der Waals surface area contributed by atoms with Gasteiger partial charge in [0, 0.05) is 5.56 Å². The number of nitrogens with one attached hydrogen (secondary N) is 1. The van der Waals surface area contributed by atoms with Gasteiger partial charge in [0.05, 0.1) is 0 Å². The highest BCUT2D eigenvalue weighted by atomic mass is 16.5. The molecule has 0 aliphatic heterocycles. The van der Waals surface area contributed by atoms with Crippen LogP contribution in [0.25, 0.3) is 0 Å². The van der Waals surface area contributed by atoms with Gasteiger partial charge < -0.3 is 4.74 Å². The Morgan fingerprint density at radius 2 is 1.82 bits per heavy atom. The zero-order chi connectivity index (χ0) is 15.2. The average molecular weight is 294 g/mol. The van der Waals surface area contributed by atoms with Crippen molar-refractivity contribution in [3.8, 4) is 5.75 Å². The summed E-state index contributed by atoms with van der Waals surface area (Å²) < 4.78 is 7.10. The summed E-state index contributed by atoms with van der Waals surface area (Å²) in [6, 6.07) is 16.9. The number of benzene rings is 2. The third kappa shape index (κ3) is 3.49. The molecule has 0 unspecified atom stereocenters. The van der Waals surface area contributed by atoms with Crippen molar-refractivity contribution in [2.75, 3.05) is 5.43 Å². The van der Waals surface area contributed by atoms with E-state index in [2.05, 4.69) is 15.6 Å². The van der Waals surface area contributed by atoms with Crippen molar-refractivity contribution in [2.45, 2.75) is 6.61 Å². The molecule has 0 aliphatic carbocycles. The van der Waals surface area contributed by atoms with Crippen molar-refractivity contribution in [3.05, 3.63) is 78.4 Å². The molecule has 0 spiro atoms. The first kappa shape index (κ1) is 13.8. The van der Waals surface area contributed by atoms with E-state index >= 15 is 0 Å². The molecule has 6 heteroatoms. The van der Waals surface area contributed by atoms with Gasteiger partial charge in [-0.2, -0.15) is 0 Å². The summed E-state index contributed by atoms with van der Waals surface area (Å²) in [5.74, 6) is 0.380. The van der Waals surface area contributed by atoms with Crippen molar-refractivity contribution in [3.63, 3.8) is 0 Å². The smallest absolute Gasteiger partial charge is 0.270 e. The van der Waals surface area contributed by atoms with Gasteiger partial charge in [-0.25, -0.2) is 4.68 Å². The van der Waals surface area contributed by atoms with Crippen LogP contribution >= 0.6 is 0 Å². The molecule has 0 saturated heterocycles. The Morgan fingerprint density at radius 3 is 2.59 bits per heavy atom. The fourth-order valence-corrected chi connectivity index (χ4v) is 1.91. The molecule has 1 heterocycles. The Hall–Kier alpha value is -3.15. The highest BCUT2D eigenvalue weighted by Crippen LogP contribution is 2.15. The number of hydrogen-bond acceptors (Lipinski definition) is 4. The highest BCUT2D eigenvalue weighted by molar-refractivity contribution is 6.00. The molecule has 0 radical (unpaired) electrons. The molecule has 1 N–H and O–H groups in total. The van der Waals surface area contributed by atoms with Gasteiger partial charge in [0.15, 0.2) is 0 Å². The minimum atomic E-state index is -0.259. The summed E-state index contributed by atoms with van der Waals surface area (Å²) in [6.07, 6.45) is 2.82. The first-order chi connectivity index (χ1) is 10.8. The summed E-state index contributed by atoms with van der Waals surface area (Å²) in [5.41, 5.74) is 4.21. The number of aromatic nitrogens is 3. The molecule has 1 amide bonds. The average Bonchev–Trinajstić information content (AvgIpc) is 3.07. The van der Waals surface area contributed by atoms with Crippen LogP contribution < -0.4 is 10.2 Å². The van der Waals surface area contributed by atoms with E-state index in [1.54, 1.807) is 18.2 Å². The second-order valence-corrected chi connectivity index (χ2v) is 4.61. The molecule has 3 rings (SSSR count). The van der Waals surface area contributed by atoms with E-state index in [1.165, 1.54) is 17.3 Å². The number of carbonyl (C=O) groups is 1. The minimum absolute atomic E-state index is 0.259. The number of nitrogens with zero attached hydrogens (tertiary/aromatic N) is 3. The van der Waals surface area contributed by atoms with E-state index in [4.69, 9.17) is 4.74 Å². The molecule has 110 valence electrons. The number of ether oxygens (including phenoxy) is 1. The SMILES string of the molecule is O=C(Nn1cnnc1)c1cccc(OCc2ccccc2)c1. The molecular formula is C16H14N4O2. The number of amides is 1. The predicted molar refractivity (Wildman–Crippen MR) is 80.9 cm³/mol. The second-order valence-electron chi connectivity index (χ2n) is 4.61. The van der Waals surface area contributed by atoms with Crippen molar-refractivity contribution in [1.29, 1.82) is 0 Å². The van der Waals surface area contributed by atoms with Crippen LogP contribution in [0.4, 0.5) is 0 Å². The Morgan fingerprint density at radius 1 is 1.05 bits per heavy atom. The third-order valence-electron chi connectivity index (χ3n) is 2.99. The van der Waals surface area contributed by atoms with Crippen LogP contribution in [0.2, 0.25) is 0 Å². The van der Waals surface area contributed by atoms with Crippen molar-refractivity contribution in [2.24, 2.45) is 0 Å². The summed E-state index contributed by atoms with van der Waals surface area (Å²) >= 11 is 0.